The molecule has 122 valence electrons. The number of rotatable bonds is 6. The fraction of sp³-hybridized carbons (Fsp3) is 0.167. The first-order valence-corrected chi connectivity index (χ1v) is 7.59. The summed E-state index contributed by atoms with van der Waals surface area (Å²) >= 11 is 0. The molecule has 0 radical (unpaired) electrons. The van der Waals surface area contributed by atoms with E-state index >= 15 is 0 Å². The number of hydrogen-bond donors (Lipinski definition) is 2. The first-order chi connectivity index (χ1) is 11.8. The van der Waals surface area contributed by atoms with E-state index in [1.807, 2.05) is 36.4 Å². The van der Waals surface area contributed by atoms with Crippen molar-refractivity contribution in [3.05, 3.63) is 72.2 Å². The highest BCUT2D eigenvalue weighted by Crippen LogP contribution is 2.18. The number of benzene rings is 1. The molecule has 0 aliphatic rings. The van der Waals surface area contributed by atoms with Gasteiger partial charge in [-0.3, -0.25) is 9.78 Å². The molecular formula is C18H17N3O3. The van der Waals surface area contributed by atoms with Gasteiger partial charge in [0.2, 0.25) is 0 Å². The lowest BCUT2D eigenvalue weighted by Crippen LogP contribution is -2.39. The summed E-state index contributed by atoms with van der Waals surface area (Å²) in [6.07, 6.45) is 3.83. The summed E-state index contributed by atoms with van der Waals surface area (Å²) in [6, 6.07) is 14.4. The van der Waals surface area contributed by atoms with E-state index in [0.717, 1.165) is 11.1 Å². The second kappa shape index (κ2) is 7.52. The molecule has 1 atom stereocenters. The van der Waals surface area contributed by atoms with E-state index in [4.69, 9.17) is 4.52 Å². The molecule has 0 bridgehead atoms. The van der Waals surface area contributed by atoms with E-state index in [-0.39, 0.29) is 18.2 Å². The van der Waals surface area contributed by atoms with Gasteiger partial charge in [0.15, 0.2) is 11.5 Å². The number of aromatic nitrogens is 2. The maximum absolute atomic E-state index is 12.3. The molecule has 2 aromatic heterocycles. The SMILES string of the molecule is O=C(NC(CO)Cc1ccccc1)c1cc(-c2cccnc2)on1. The third kappa shape index (κ3) is 3.85. The zero-order valence-electron chi connectivity index (χ0n) is 12.9. The Kier molecular flexibility index (Phi) is 4.98. The van der Waals surface area contributed by atoms with Crippen LogP contribution in [0.4, 0.5) is 0 Å². The number of carbonyl (C=O) groups is 1. The van der Waals surface area contributed by atoms with Gasteiger partial charge in [0.1, 0.15) is 0 Å². The lowest BCUT2D eigenvalue weighted by molar-refractivity contribution is 0.0907. The number of aliphatic hydroxyl groups excluding tert-OH is 1. The zero-order chi connectivity index (χ0) is 16.8. The van der Waals surface area contributed by atoms with Crippen molar-refractivity contribution in [3.8, 4) is 11.3 Å². The van der Waals surface area contributed by atoms with Crippen LogP contribution < -0.4 is 5.32 Å². The second-order valence-corrected chi connectivity index (χ2v) is 5.36. The molecule has 0 aliphatic heterocycles. The summed E-state index contributed by atoms with van der Waals surface area (Å²) in [5.74, 6) is 0.0840. The lowest BCUT2D eigenvalue weighted by Gasteiger charge is -2.15. The molecule has 1 amide bonds. The smallest absolute Gasteiger partial charge is 0.273 e. The van der Waals surface area contributed by atoms with E-state index in [1.165, 1.54) is 0 Å². The Morgan fingerprint density at radius 2 is 2.04 bits per heavy atom. The molecule has 0 spiro atoms. The van der Waals surface area contributed by atoms with Gasteiger partial charge in [-0.05, 0) is 24.1 Å². The van der Waals surface area contributed by atoms with Crippen LogP contribution in [-0.2, 0) is 6.42 Å². The Morgan fingerprint density at radius 1 is 1.21 bits per heavy atom. The van der Waals surface area contributed by atoms with Gasteiger partial charge < -0.3 is 14.9 Å². The van der Waals surface area contributed by atoms with Gasteiger partial charge in [-0.1, -0.05) is 35.5 Å². The minimum absolute atomic E-state index is 0.159. The number of pyridine rings is 1. The quantitative estimate of drug-likeness (QED) is 0.725. The average molecular weight is 323 g/mol. The molecule has 0 fully saturated rings. The largest absolute Gasteiger partial charge is 0.394 e. The van der Waals surface area contributed by atoms with Crippen LogP contribution >= 0.6 is 0 Å². The monoisotopic (exact) mass is 323 g/mol. The molecule has 6 heteroatoms. The van der Waals surface area contributed by atoms with Crippen LogP contribution in [0.2, 0.25) is 0 Å². The summed E-state index contributed by atoms with van der Waals surface area (Å²) in [7, 11) is 0. The van der Waals surface area contributed by atoms with Gasteiger partial charge in [-0.25, -0.2) is 0 Å². The normalized spacial score (nSPS) is 11.9. The highest BCUT2D eigenvalue weighted by atomic mass is 16.5. The molecule has 1 aromatic carbocycles. The van der Waals surface area contributed by atoms with Crippen molar-refractivity contribution in [2.24, 2.45) is 0 Å². The van der Waals surface area contributed by atoms with Crippen molar-refractivity contribution in [2.45, 2.75) is 12.5 Å². The predicted molar refractivity (Wildman–Crippen MR) is 88.2 cm³/mol. The van der Waals surface area contributed by atoms with Crippen LogP contribution in [0, 0.1) is 0 Å². The van der Waals surface area contributed by atoms with Gasteiger partial charge in [0, 0.05) is 24.0 Å². The number of aliphatic hydroxyl groups is 1. The van der Waals surface area contributed by atoms with Crippen LogP contribution in [-0.4, -0.2) is 33.8 Å². The maximum atomic E-state index is 12.3. The molecule has 2 heterocycles. The number of nitrogens with zero attached hydrogens (tertiary/aromatic N) is 2. The Labute approximate surface area is 139 Å². The highest BCUT2D eigenvalue weighted by molar-refractivity contribution is 5.93. The molecule has 3 rings (SSSR count). The summed E-state index contributed by atoms with van der Waals surface area (Å²) in [4.78, 5) is 16.3. The van der Waals surface area contributed by atoms with Crippen LogP contribution in [0.25, 0.3) is 11.3 Å². The Balaban J connectivity index is 1.67. The van der Waals surface area contributed by atoms with Crippen LogP contribution in [0.1, 0.15) is 16.1 Å². The summed E-state index contributed by atoms with van der Waals surface area (Å²) in [6.45, 7) is -0.159. The number of amides is 1. The van der Waals surface area contributed by atoms with Crippen molar-refractivity contribution in [3.63, 3.8) is 0 Å². The van der Waals surface area contributed by atoms with Crippen molar-refractivity contribution < 1.29 is 14.4 Å². The summed E-state index contributed by atoms with van der Waals surface area (Å²) in [5, 5.41) is 16.1. The van der Waals surface area contributed by atoms with E-state index in [1.54, 1.807) is 24.5 Å². The first kappa shape index (κ1) is 15.9. The van der Waals surface area contributed by atoms with Crippen LogP contribution in [0.3, 0.4) is 0 Å². The third-order valence-corrected chi connectivity index (χ3v) is 3.57. The topological polar surface area (TPSA) is 88.2 Å². The molecule has 2 N–H and O–H groups in total. The van der Waals surface area contributed by atoms with E-state index in [0.29, 0.717) is 12.2 Å². The Morgan fingerprint density at radius 3 is 2.75 bits per heavy atom. The van der Waals surface area contributed by atoms with Gasteiger partial charge in [-0.15, -0.1) is 0 Å². The summed E-state index contributed by atoms with van der Waals surface area (Å²) < 4.78 is 5.19. The minimum Gasteiger partial charge on any atom is -0.394 e. The number of carbonyl (C=O) groups excluding carboxylic acids is 1. The van der Waals surface area contributed by atoms with Crippen molar-refractivity contribution >= 4 is 5.91 Å². The minimum atomic E-state index is -0.390. The highest BCUT2D eigenvalue weighted by Gasteiger charge is 2.18. The lowest BCUT2D eigenvalue weighted by atomic mass is 10.1. The second-order valence-electron chi connectivity index (χ2n) is 5.36. The Bertz CT molecular complexity index is 788. The predicted octanol–water partition coefficient (Wildman–Crippen LogP) is 2.07. The van der Waals surface area contributed by atoms with Gasteiger partial charge in [0.25, 0.3) is 5.91 Å². The number of nitrogens with one attached hydrogen (secondary N) is 1. The number of hydrogen-bond acceptors (Lipinski definition) is 5. The van der Waals surface area contributed by atoms with Crippen molar-refractivity contribution in [1.29, 1.82) is 0 Å². The molecule has 0 saturated carbocycles. The first-order valence-electron chi connectivity index (χ1n) is 7.59. The van der Waals surface area contributed by atoms with Gasteiger partial charge in [0.05, 0.1) is 12.6 Å². The standard InChI is InChI=1S/C18H17N3O3/c22-12-15(9-13-5-2-1-3-6-13)20-18(23)16-10-17(24-21-16)14-7-4-8-19-11-14/h1-8,10-11,15,22H,9,12H2,(H,20,23). The molecule has 24 heavy (non-hydrogen) atoms. The van der Waals surface area contributed by atoms with Crippen LogP contribution in [0.5, 0.6) is 0 Å². The Hall–Kier alpha value is -2.99. The molecule has 1 unspecified atom stereocenters. The molecular weight excluding hydrogens is 306 g/mol. The fourth-order valence-corrected chi connectivity index (χ4v) is 2.35. The van der Waals surface area contributed by atoms with E-state index in [9.17, 15) is 9.90 Å². The molecule has 3 aromatic rings. The molecule has 0 aliphatic carbocycles. The van der Waals surface area contributed by atoms with Gasteiger partial charge in [-0.2, -0.15) is 0 Å². The fourth-order valence-electron chi connectivity index (χ4n) is 2.35. The zero-order valence-corrected chi connectivity index (χ0v) is 12.9. The van der Waals surface area contributed by atoms with Crippen molar-refractivity contribution in [2.75, 3.05) is 6.61 Å². The van der Waals surface area contributed by atoms with E-state index < -0.39 is 6.04 Å². The van der Waals surface area contributed by atoms with Gasteiger partial charge >= 0.3 is 0 Å². The van der Waals surface area contributed by atoms with E-state index in [2.05, 4.69) is 15.5 Å². The van der Waals surface area contributed by atoms with Crippen molar-refractivity contribution in [1.82, 2.24) is 15.5 Å². The maximum Gasteiger partial charge on any atom is 0.273 e. The molecule has 6 nitrogen and oxygen atoms in total. The van der Waals surface area contributed by atoms with Crippen LogP contribution in [0.15, 0.2) is 65.4 Å². The molecule has 0 saturated heterocycles. The summed E-state index contributed by atoms with van der Waals surface area (Å²) in [5.41, 5.74) is 1.94. The average Bonchev–Trinajstić information content (AvgIpc) is 3.13. The third-order valence-electron chi connectivity index (χ3n) is 3.57.